The van der Waals surface area contributed by atoms with E-state index in [4.69, 9.17) is 19.4 Å². The summed E-state index contributed by atoms with van der Waals surface area (Å²) < 4.78 is 12.3. The van der Waals surface area contributed by atoms with Crippen LogP contribution in [0.5, 0.6) is 11.5 Å². The molecule has 14 heteroatoms. The average molecular weight is 731 g/mol. The molecular weight excluding hydrogens is 685 g/mol. The lowest BCUT2D eigenvalue weighted by molar-refractivity contribution is -0.145. The number of carboxylic acids is 1. The van der Waals surface area contributed by atoms with Gasteiger partial charge in [-0.3, -0.25) is 9.59 Å². The number of hydrogen-bond donors (Lipinski definition) is 4. The van der Waals surface area contributed by atoms with Crippen LogP contribution in [-0.4, -0.2) is 87.2 Å². The number of urea groups is 1. The maximum Gasteiger partial charge on any atom is 0.330 e. The Morgan fingerprint density at radius 3 is 2.54 bits per heavy atom. The number of carbonyl (C=O) groups is 4. The standard InChI is InChI=1S/C38H46N6O7S/c1-7-22-17-38(22,36(47)48)43-34(45)28-15-24(18-44(28)35(46)32(20(3)4)42-37(49)39-23-11-9-10-12-23)51-30-16-26(27-19-52-31(8-2)40-27)41-33-21(5)29(50-6)14-13-25(30)33/h7,13-14,16,19,22-24,28,32H,1,3,8-12,15,17-18H2,2,4-6H3,(H,43,45)(H,47,48)(H2,39,42,49)/t22-,24-,28+,32+,38-/m1/s1. The molecule has 0 bridgehead atoms. The van der Waals surface area contributed by atoms with Gasteiger partial charge in [-0.2, -0.15) is 0 Å². The third kappa shape index (κ3) is 7.21. The zero-order valence-electron chi connectivity index (χ0n) is 30.0. The van der Waals surface area contributed by atoms with Gasteiger partial charge < -0.3 is 35.4 Å². The van der Waals surface area contributed by atoms with Crippen molar-refractivity contribution in [1.82, 2.24) is 30.8 Å². The number of ether oxygens (including phenoxy) is 2. The Morgan fingerprint density at radius 1 is 1.17 bits per heavy atom. The first-order valence-corrected chi connectivity index (χ1v) is 18.6. The predicted octanol–water partition coefficient (Wildman–Crippen LogP) is 4.92. The Kier molecular flexibility index (Phi) is 10.6. The van der Waals surface area contributed by atoms with Crippen LogP contribution in [0.2, 0.25) is 0 Å². The highest BCUT2D eigenvalue weighted by Crippen LogP contribution is 2.45. The SMILES string of the molecule is C=C[C@@H]1C[C@]1(NC(=O)[C@@H]1C[C@@H](Oc2cc(-c3csc(CC)n3)nc3c(C)c(OC)ccc23)CN1C(=O)[C@@H](NC(=O)NC1CCCC1)C(=C)C)C(=O)O. The van der Waals surface area contributed by atoms with Crippen molar-refractivity contribution < 1.29 is 33.8 Å². The minimum Gasteiger partial charge on any atom is -0.496 e. The van der Waals surface area contributed by atoms with Crippen molar-refractivity contribution in [3.05, 3.63) is 59.0 Å². The Bertz CT molecular complexity index is 1920. The summed E-state index contributed by atoms with van der Waals surface area (Å²) in [6.45, 7) is 13.3. The monoisotopic (exact) mass is 730 g/mol. The lowest BCUT2D eigenvalue weighted by Gasteiger charge is -2.30. The molecule has 3 heterocycles. The van der Waals surface area contributed by atoms with Crippen molar-refractivity contribution in [3.63, 3.8) is 0 Å². The van der Waals surface area contributed by atoms with Gasteiger partial charge in [0.15, 0.2) is 0 Å². The molecular formula is C38H46N6O7S. The molecule has 5 atom stereocenters. The molecule has 0 spiro atoms. The lowest BCUT2D eigenvalue weighted by Crippen LogP contribution is -2.57. The fourth-order valence-electron chi connectivity index (χ4n) is 7.28. The van der Waals surface area contributed by atoms with Gasteiger partial charge in [0, 0.05) is 40.8 Å². The number of rotatable bonds is 13. The van der Waals surface area contributed by atoms with Gasteiger partial charge in [-0.05, 0) is 57.2 Å². The van der Waals surface area contributed by atoms with Crippen molar-refractivity contribution in [1.29, 1.82) is 0 Å². The van der Waals surface area contributed by atoms with Crippen molar-refractivity contribution in [2.45, 2.75) is 95.5 Å². The highest BCUT2D eigenvalue weighted by Gasteiger charge is 2.61. The van der Waals surface area contributed by atoms with E-state index in [1.165, 1.54) is 11.0 Å². The first kappa shape index (κ1) is 36.8. The van der Waals surface area contributed by atoms with Crippen molar-refractivity contribution in [3.8, 4) is 22.9 Å². The topological polar surface area (TPSA) is 172 Å². The largest absolute Gasteiger partial charge is 0.496 e. The minimum absolute atomic E-state index is 0.0114. The molecule has 1 aliphatic heterocycles. The molecule has 0 unspecified atom stereocenters. The van der Waals surface area contributed by atoms with Crippen molar-refractivity contribution in [2.24, 2.45) is 5.92 Å². The number of carbonyl (C=O) groups excluding carboxylic acids is 3. The van der Waals surface area contributed by atoms with E-state index in [0.717, 1.165) is 42.7 Å². The van der Waals surface area contributed by atoms with Gasteiger partial charge in [0.2, 0.25) is 11.8 Å². The number of aryl methyl sites for hydroxylation is 2. The molecule has 13 nitrogen and oxygen atoms in total. The van der Waals surface area contributed by atoms with Gasteiger partial charge in [-0.25, -0.2) is 19.6 Å². The molecule has 2 aromatic heterocycles. The number of nitrogens with zero attached hydrogens (tertiary/aromatic N) is 3. The van der Waals surface area contributed by atoms with Gasteiger partial charge >= 0.3 is 12.0 Å². The average Bonchev–Trinajstić information content (AvgIpc) is 3.55. The molecule has 3 fully saturated rings. The summed E-state index contributed by atoms with van der Waals surface area (Å²) in [5.74, 6) is -1.65. The number of nitrogens with one attached hydrogen (secondary N) is 3. The smallest absolute Gasteiger partial charge is 0.330 e. The third-order valence-electron chi connectivity index (χ3n) is 10.4. The van der Waals surface area contributed by atoms with E-state index in [9.17, 15) is 24.3 Å². The maximum absolute atomic E-state index is 14.3. The highest BCUT2D eigenvalue weighted by molar-refractivity contribution is 7.09. The molecule has 3 aromatic rings. The number of amides is 4. The summed E-state index contributed by atoms with van der Waals surface area (Å²) in [5, 5.41) is 22.1. The number of pyridine rings is 1. The molecule has 4 N–H and O–H groups in total. The van der Waals surface area contributed by atoms with Crippen LogP contribution in [0.15, 0.2) is 48.4 Å². The van der Waals surface area contributed by atoms with E-state index in [-0.39, 0.29) is 25.4 Å². The number of carboxylic acid groups (broad SMARTS) is 1. The first-order valence-electron chi connectivity index (χ1n) is 17.7. The molecule has 2 saturated carbocycles. The number of methoxy groups -OCH3 is 1. The van der Waals surface area contributed by atoms with Crippen LogP contribution in [0.4, 0.5) is 4.79 Å². The molecule has 6 rings (SSSR count). The second-order valence-electron chi connectivity index (χ2n) is 13.9. The molecule has 2 aliphatic carbocycles. The van der Waals surface area contributed by atoms with Crippen LogP contribution >= 0.6 is 11.3 Å². The maximum atomic E-state index is 14.3. The van der Waals surface area contributed by atoms with Gasteiger partial charge in [0.05, 0.1) is 35.6 Å². The number of thiazole rings is 1. The Hall–Kier alpha value is -4.98. The molecule has 4 amide bonds. The number of benzene rings is 1. The van der Waals surface area contributed by atoms with Crippen LogP contribution in [0.3, 0.4) is 0 Å². The van der Waals surface area contributed by atoms with E-state index < -0.39 is 53.5 Å². The van der Waals surface area contributed by atoms with Crippen molar-refractivity contribution in [2.75, 3.05) is 13.7 Å². The molecule has 3 aliphatic rings. The van der Waals surface area contributed by atoms with Crippen LogP contribution in [0.25, 0.3) is 22.3 Å². The zero-order chi connectivity index (χ0) is 37.3. The van der Waals surface area contributed by atoms with E-state index in [1.807, 2.05) is 37.4 Å². The van der Waals surface area contributed by atoms with Gasteiger partial charge in [-0.15, -0.1) is 17.9 Å². The highest BCUT2D eigenvalue weighted by atomic mass is 32.1. The summed E-state index contributed by atoms with van der Waals surface area (Å²) in [6.07, 6.45) is 5.64. The zero-order valence-corrected chi connectivity index (χ0v) is 30.8. The molecule has 0 radical (unpaired) electrons. The van der Waals surface area contributed by atoms with Crippen LogP contribution < -0.4 is 25.4 Å². The number of likely N-dealkylation sites (tertiary alicyclic amines) is 1. The van der Waals surface area contributed by atoms with Crippen LogP contribution in [0, 0.1) is 12.8 Å². The Morgan fingerprint density at radius 2 is 1.92 bits per heavy atom. The van der Waals surface area contributed by atoms with Crippen LogP contribution in [0.1, 0.15) is 62.9 Å². The Balaban J connectivity index is 1.33. The predicted molar refractivity (Wildman–Crippen MR) is 197 cm³/mol. The number of hydrogen-bond acceptors (Lipinski definition) is 9. The van der Waals surface area contributed by atoms with Crippen LogP contribution in [-0.2, 0) is 20.8 Å². The molecule has 52 heavy (non-hydrogen) atoms. The first-order chi connectivity index (χ1) is 24.9. The van der Waals surface area contributed by atoms with Gasteiger partial charge in [0.25, 0.3) is 0 Å². The lowest BCUT2D eigenvalue weighted by atomic mass is 10.1. The van der Waals surface area contributed by atoms with Gasteiger partial charge in [-0.1, -0.05) is 32.4 Å². The molecule has 1 saturated heterocycles. The number of aromatic nitrogens is 2. The third-order valence-corrected chi connectivity index (χ3v) is 11.4. The summed E-state index contributed by atoms with van der Waals surface area (Å²) in [5.41, 5.74) is 1.65. The van der Waals surface area contributed by atoms with E-state index in [1.54, 1.807) is 25.4 Å². The fraction of sp³-hybridized carbons (Fsp3) is 0.474. The van der Waals surface area contributed by atoms with E-state index in [2.05, 4.69) is 29.1 Å². The normalized spacial score (nSPS) is 23.2. The van der Waals surface area contributed by atoms with E-state index >= 15 is 0 Å². The molecule has 276 valence electrons. The Labute approximate surface area is 306 Å². The second kappa shape index (κ2) is 14.9. The summed E-state index contributed by atoms with van der Waals surface area (Å²) in [6, 6.07) is 2.81. The van der Waals surface area contributed by atoms with Crippen molar-refractivity contribution >= 4 is 46.1 Å². The quantitative estimate of drug-likeness (QED) is 0.178. The number of fused-ring (bicyclic) bond motifs is 1. The summed E-state index contributed by atoms with van der Waals surface area (Å²) >= 11 is 1.54. The molecule has 1 aromatic carbocycles. The second-order valence-corrected chi connectivity index (χ2v) is 14.9. The number of aliphatic carboxylic acids is 1. The van der Waals surface area contributed by atoms with E-state index in [0.29, 0.717) is 39.4 Å². The minimum atomic E-state index is -1.50. The summed E-state index contributed by atoms with van der Waals surface area (Å²) in [7, 11) is 1.59. The van der Waals surface area contributed by atoms with Gasteiger partial charge in [0.1, 0.15) is 35.2 Å². The summed E-state index contributed by atoms with van der Waals surface area (Å²) in [4.78, 5) is 64.7. The fourth-order valence-corrected chi connectivity index (χ4v) is 8.02.